The number of hydrogen-bond donors (Lipinski definition) is 1. The van der Waals surface area contributed by atoms with Crippen molar-refractivity contribution in [1.29, 1.82) is 0 Å². The third-order valence-corrected chi connectivity index (χ3v) is 5.95. The summed E-state index contributed by atoms with van der Waals surface area (Å²) in [5.74, 6) is -0.196. The molecule has 0 spiro atoms. The highest BCUT2D eigenvalue weighted by Crippen LogP contribution is 2.27. The van der Waals surface area contributed by atoms with Gasteiger partial charge in [0.25, 0.3) is 0 Å². The van der Waals surface area contributed by atoms with Crippen molar-refractivity contribution in [2.24, 2.45) is 0 Å². The molecule has 4 rings (SSSR count). The first-order valence-electron chi connectivity index (χ1n) is 10.0. The molecule has 0 saturated carbocycles. The molecule has 0 bridgehead atoms. The monoisotopic (exact) mass is 448 g/mol. The first-order valence-corrected chi connectivity index (χ1v) is 10.0. The molecule has 1 aromatic rings. The lowest BCUT2D eigenvalue weighted by molar-refractivity contribution is -0.138. The number of nitrogens with zero attached hydrogens (tertiary/aromatic N) is 3. The van der Waals surface area contributed by atoms with Crippen LogP contribution in [0.2, 0.25) is 0 Å². The van der Waals surface area contributed by atoms with Gasteiger partial charge in [-0.05, 0) is 24.1 Å². The number of amides is 1. The van der Waals surface area contributed by atoms with Gasteiger partial charge in [-0.1, -0.05) is 12.1 Å². The van der Waals surface area contributed by atoms with Crippen molar-refractivity contribution in [1.82, 2.24) is 20.0 Å². The Morgan fingerprint density at radius 2 is 1.83 bits per heavy atom. The highest BCUT2D eigenvalue weighted by Gasteiger charge is 2.37. The van der Waals surface area contributed by atoms with Crippen LogP contribution in [0.3, 0.4) is 0 Å². The predicted octanol–water partition coefficient (Wildman–Crippen LogP) is 1.55. The molecule has 1 aromatic carbocycles. The number of morpholine rings is 1. The second-order valence-corrected chi connectivity index (χ2v) is 7.62. The lowest BCUT2D eigenvalue weighted by Crippen LogP contribution is -2.50. The van der Waals surface area contributed by atoms with E-state index in [2.05, 4.69) is 15.1 Å². The second kappa shape index (κ2) is 11.4. The van der Waals surface area contributed by atoms with Crippen LogP contribution in [0.15, 0.2) is 24.3 Å². The highest BCUT2D eigenvalue weighted by molar-refractivity contribution is 5.85. The van der Waals surface area contributed by atoms with Crippen molar-refractivity contribution >= 4 is 30.7 Å². The van der Waals surface area contributed by atoms with Gasteiger partial charge in [0.05, 0.1) is 13.2 Å². The van der Waals surface area contributed by atoms with Gasteiger partial charge in [-0.2, -0.15) is 0 Å². The number of carbonyl (C=O) groups is 1. The van der Waals surface area contributed by atoms with Crippen LogP contribution in [0.25, 0.3) is 0 Å². The fourth-order valence-corrected chi connectivity index (χ4v) is 4.48. The Kier molecular flexibility index (Phi) is 9.59. The summed E-state index contributed by atoms with van der Waals surface area (Å²) in [6, 6.07) is 6.51. The van der Waals surface area contributed by atoms with Gasteiger partial charge in [0.15, 0.2) is 0 Å². The average molecular weight is 449 g/mol. The van der Waals surface area contributed by atoms with E-state index in [4.69, 9.17) is 4.74 Å². The van der Waals surface area contributed by atoms with E-state index >= 15 is 0 Å². The first-order chi connectivity index (χ1) is 13.2. The highest BCUT2D eigenvalue weighted by atomic mass is 35.5. The topological polar surface area (TPSA) is 48.1 Å². The lowest BCUT2D eigenvalue weighted by atomic mass is 10.0. The average Bonchev–Trinajstić information content (AvgIpc) is 3.20. The minimum Gasteiger partial charge on any atom is -0.379 e. The van der Waals surface area contributed by atoms with E-state index in [-0.39, 0.29) is 36.5 Å². The van der Waals surface area contributed by atoms with Crippen LogP contribution in [-0.4, -0.2) is 92.2 Å². The van der Waals surface area contributed by atoms with Crippen LogP contribution in [-0.2, 0) is 9.53 Å². The molecule has 164 valence electrons. The van der Waals surface area contributed by atoms with Gasteiger partial charge in [-0.3, -0.25) is 14.6 Å². The fourth-order valence-electron chi connectivity index (χ4n) is 4.48. The van der Waals surface area contributed by atoms with Crippen LogP contribution in [0.4, 0.5) is 4.39 Å². The molecule has 0 radical (unpaired) electrons. The molecule has 1 N–H and O–H groups in total. The summed E-state index contributed by atoms with van der Waals surface area (Å²) in [5, 5.41) is 3.38. The Labute approximate surface area is 184 Å². The van der Waals surface area contributed by atoms with Crippen LogP contribution in [0.5, 0.6) is 0 Å². The molecule has 0 aromatic heterocycles. The molecule has 3 aliphatic heterocycles. The molecule has 2 unspecified atom stereocenters. The maximum atomic E-state index is 13.9. The zero-order valence-corrected chi connectivity index (χ0v) is 18.2. The number of piperazine rings is 1. The van der Waals surface area contributed by atoms with E-state index in [0.717, 1.165) is 51.3 Å². The molecule has 6 nitrogen and oxygen atoms in total. The number of rotatable bonds is 4. The number of likely N-dealkylation sites (tertiary alicyclic amines) is 1. The Morgan fingerprint density at radius 3 is 2.52 bits per heavy atom. The molecular formula is C20H31Cl2FN4O2. The van der Waals surface area contributed by atoms with Crippen molar-refractivity contribution in [2.45, 2.75) is 18.5 Å². The van der Waals surface area contributed by atoms with Crippen LogP contribution in [0, 0.1) is 5.82 Å². The summed E-state index contributed by atoms with van der Waals surface area (Å²) in [5.41, 5.74) is 0.743. The van der Waals surface area contributed by atoms with E-state index in [1.807, 2.05) is 11.0 Å². The van der Waals surface area contributed by atoms with Crippen molar-refractivity contribution in [3.05, 3.63) is 35.6 Å². The third-order valence-electron chi connectivity index (χ3n) is 5.95. The SMILES string of the molecule is Cl.Cl.O=C(C(c1cccc(F)c1)N1CCOCC1)N1CCC(N2CCNCC2)C1. The minimum absolute atomic E-state index is 0. The molecule has 9 heteroatoms. The van der Waals surface area contributed by atoms with E-state index in [1.165, 1.54) is 12.1 Å². The number of ether oxygens (including phenoxy) is 1. The van der Waals surface area contributed by atoms with Gasteiger partial charge in [-0.25, -0.2) is 4.39 Å². The summed E-state index contributed by atoms with van der Waals surface area (Å²) >= 11 is 0. The van der Waals surface area contributed by atoms with Crippen LogP contribution >= 0.6 is 24.8 Å². The number of nitrogens with one attached hydrogen (secondary N) is 1. The Hall–Kier alpha value is -0.960. The minimum atomic E-state index is -0.425. The maximum Gasteiger partial charge on any atom is 0.244 e. The van der Waals surface area contributed by atoms with E-state index < -0.39 is 6.04 Å². The van der Waals surface area contributed by atoms with Crippen LogP contribution < -0.4 is 5.32 Å². The number of hydrogen-bond acceptors (Lipinski definition) is 5. The molecule has 1 amide bonds. The lowest BCUT2D eigenvalue weighted by Gasteiger charge is -2.36. The summed E-state index contributed by atoms with van der Waals surface area (Å²) in [6.45, 7) is 8.30. The maximum absolute atomic E-state index is 13.9. The summed E-state index contributed by atoms with van der Waals surface area (Å²) in [6.07, 6.45) is 1.02. The largest absolute Gasteiger partial charge is 0.379 e. The quantitative estimate of drug-likeness (QED) is 0.756. The van der Waals surface area contributed by atoms with E-state index in [9.17, 15) is 9.18 Å². The van der Waals surface area contributed by atoms with Crippen molar-refractivity contribution < 1.29 is 13.9 Å². The summed E-state index contributed by atoms with van der Waals surface area (Å²) < 4.78 is 19.3. The molecule has 0 aliphatic carbocycles. The molecule has 2 atom stereocenters. The molecule has 3 heterocycles. The van der Waals surface area contributed by atoms with E-state index in [0.29, 0.717) is 32.3 Å². The van der Waals surface area contributed by atoms with E-state index in [1.54, 1.807) is 6.07 Å². The van der Waals surface area contributed by atoms with Gasteiger partial charge in [0.2, 0.25) is 5.91 Å². The molecule has 3 saturated heterocycles. The molecular weight excluding hydrogens is 418 g/mol. The van der Waals surface area contributed by atoms with Crippen molar-refractivity contribution in [2.75, 3.05) is 65.6 Å². The van der Waals surface area contributed by atoms with Gasteiger partial charge < -0.3 is 15.0 Å². The van der Waals surface area contributed by atoms with Gasteiger partial charge in [0.1, 0.15) is 11.9 Å². The van der Waals surface area contributed by atoms with Gasteiger partial charge in [0, 0.05) is 58.4 Å². The predicted molar refractivity (Wildman–Crippen MR) is 115 cm³/mol. The molecule has 29 heavy (non-hydrogen) atoms. The normalized spacial score (nSPS) is 24.4. The van der Waals surface area contributed by atoms with Crippen molar-refractivity contribution in [3.63, 3.8) is 0 Å². The zero-order chi connectivity index (χ0) is 18.6. The smallest absolute Gasteiger partial charge is 0.244 e. The molecule has 3 aliphatic rings. The van der Waals surface area contributed by atoms with Crippen molar-refractivity contribution in [3.8, 4) is 0 Å². The van der Waals surface area contributed by atoms with Gasteiger partial charge in [-0.15, -0.1) is 24.8 Å². The Bertz CT molecular complexity index is 657. The standard InChI is InChI=1S/C20H29FN4O2.2ClH/c21-17-3-1-2-16(14-17)19(24-10-12-27-13-11-24)20(26)25-7-4-18(15-25)23-8-5-22-6-9-23;;/h1-3,14,18-19,22H,4-13,15H2;2*1H. The zero-order valence-electron chi connectivity index (χ0n) is 16.6. The Morgan fingerprint density at radius 1 is 1.10 bits per heavy atom. The molecule has 3 fully saturated rings. The Balaban J connectivity index is 0.00000150. The first kappa shape index (κ1) is 24.3. The fraction of sp³-hybridized carbons (Fsp3) is 0.650. The second-order valence-electron chi connectivity index (χ2n) is 7.62. The number of carbonyl (C=O) groups excluding carboxylic acids is 1. The van der Waals surface area contributed by atoms with Gasteiger partial charge >= 0.3 is 0 Å². The number of halogens is 3. The number of benzene rings is 1. The third kappa shape index (κ3) is 5.81. The van der Waals surface area contributed by atoms with Crippen LogP contribution in [0.1, 0.15) is 18.0 Å². The summed E-state index contributed by atoms with van der Waals surface area (Å²) in [7, 11) is 0. The summed E-state index contributed by atoms with van der Waals surface area (Å²) in [4.78, 5) is 20.1.